The van der Waals surface area contributed by atoms with E-state index in [4.69, 9.17) is 9.47 Å². The number of benzene rings is 2. The van der Waals surface area contributed by atoms with E-state index < -0.39 is 5.92 Å². The van der Waals surface area contributed by atoms with E-state index in [9.17, 15) is 9.59 Å². The largest absolute Gasteiger partial charge is 0.497 e. The van der Waals surface area contributed by atoms with Gasteiger partial charge in [-0.3, -0.25) is 9.59 Å². The number of amides is 2. The molecule has 0 aromatic heterocycles. The fraction of sp³-hybridized carbons (Fsp3) is 0.286. The molecule has 0 bridgehead atoms. The predicted molar refractivity (Wildman–Crippen MR) is 107 cm³/mol. The first-order valence-corrected chi connectivity index (χ1v) is 8.94. The molecule has 0 spiro atoms. The summed E-state index contributed by atoms with van der Waals surface area (Å²) in [6.07, 6.45) is 1.66. The molecule has 1 saturated heterocycles. The van der Waals surface area contributed by atoms with Gasteiger partial charge in [-0.05, 0) is 37.3 Å². The summed E-state index contributed by atoms with van der Waals surface area (Å²) in [5, 5.41) is 4.01. The van der Waals surface area contributed by atoms with Gasteiger partial charge in [0.05, 0.1) is 26.4 Å². The van der Waals surface area contributed by atoms with Gasteiger partial charge < -0.3 is 14.4 Å². The first kappa shape index (κ1) is 19.4. The van der Waals surface area contributed by atoms with Crippen molar-refractivity contribution in [3.05, 3.63) is 53.6 Å². The molecule has 7 nitrogen and oxygen atoms in total. The van der Waals surface area contributed by atoms with E-state index in [1.807, 2.05) is 31.2 Å². The standard InChI is InChI=1S/C21H23N3O4/c1-14-4-6-17(7-5-14)24-13-16(11-20(24)25)21(26)23-22-12-15-10-18(27-2)8-9-19(15)28-3/h4-10,12,16H,11,13H2,1-3H3,(H,23,26)/b22-12+/t16-/m0/s1. The van der Waals surface area contributed by atoms with Crippen molar-refractivity contribution < 1.29 is 19.1 Å². The zero-order valence-corrected chi connectivity index (χ0v) is 16.1. The van der Waals surface area contributed by atoms with Crippen molar-refractivity contribution >= 4 is 23.7 Å². The highest BCUT2D eigenvalue weighted by molar-refractivity contribution is 6.00. The molecule has 3 rings (SSSR count). The number of hydrazone groups is 1. The van der Waals surface area contributed by atoms with Crippen LogP contribution < -0.4 is 19.8 Å². The van der Waals surface area contributed by atoms with Crippen LogP contribution in [0.15, 0.2) is 47.6 Å². The second-order valence-electron chi connectivity index (χ2n) is 6.58. The lowest BCUT2D eigenvalue weighted by atomic mass is 10.1. The molecule has 1 atom stereocenters. The summed E-state index contributed by atoms with van der Waals surface area (Å²) in [5.74, 6) is 0.464. The number of ether oxygens (including phenoxy) is 2. The lowest BCUT2D eigenvalue weighted by molar-refractivity contribution is -0.126. The Kier molecular flexibility index (Phi) is 5.93. The molecule has 1 heterocycles. The zero-order chi connectivity index (χ0) is 20.1. The molecule has 2 aromatic carbocycles. The normalized spacial score (nSPS) is 16.5. The monoisotopic (exact) mass is 381 g/mol. The van der Waals surface area contributed by atoms with Gasteiger partial charge in [-0.15, -0.1) is 0 Å². The van der Waals surface area contributed by atoms with Crippen molar-refractivity contribution in [1.82, 2.24) is 5.43 Å². The number of nitrogens with one attached hydrogen (secondary N) is 1. The Hall–Kier alpha value is -3.35. The van der Waals surface area contributed by atoms with Crippen LogP contribution in [0.5, 0.6) is 11.5 Å². The molecule has 0 saturated carbocycles. The van der Waals surface area contributed by atoms with E-state index in [1.54, 1.807) is 37.3 Å². The number of anilines is 1. The van der Waals surface area contributed by atoms with Crippen LogP contribution in [0.3, 0.4) is 0 Å². The van der Waals surface area contributed by atoms with Gasteiger partial charge in [0.25, 0.3) is 0 Å². The number of carbonyl (C=O) groups excluding carboxylic acids is 2. The first-order chi connectivity index (χ1) is 13.5. The quantitative estimate of drug-likeness (QED) is 0.616. The topological polar surface area (TPSA) is 80.2 Å². The average Bonchev–Trinajstić information content (AvgIpc) is 3.10. The Morgan fingerprint density at radius 1 is 1.18 bits per heavy atom. The summed E-state index contributed by atoms with van der Waals surface area (Å²) >= 11 is 0. The Morgan fingerprint density at radius 3 is 2.61 bits per heavy atom. The molecular formula is C21H23N3O4. The molecule has 1 aliphatic heterocycles. The summed E-state index contributed by atoms with van der Waals surface area (Å²) in [7, 11) is 3.13. The number of methoxy groups -OCH3 is 2. The van der Waals surface area contributed by atoms with Gasteiger partial charge in [-0.1, -0.05) is 17.7 Å². The first-order valence-electron chi connectivity index (χ1n) is 8.94. The minimum absolute atomic E-state index is 0.0672. The van der Waals surface area contributed by atoms with Crippen LogP contribution in [0.4, 0.5) is 5.69 Å². The Bertz CT molecular complexity index is 893. The summed E-state index contributed by atoms with van der Waals surface area (Å²) in [6.45, 7) is 2.33. The molecule has 1 N–H and O–H groups in total. The van der Waals surface area contributed by atoms with Crippen LogP contribution >= 0.6 is 0 Å². The third-order valence-electron chi connectivity index (χ3n) is 4.66. The highest BCUT2D eigenvalue weighted by Gasteiger charge is 2.35. The van der Waals surface area contributed by atoms with Crippen molar-refractivity contribution in [1.29, 1.82) is 0 Å². The lowest BCUT2D eigenvalue weighted by Crippen LogP contribution is -2.30. The summed E-state index contributed by atoms with van der Waals surface area (Å²) in [6, 6.07) is 13.0. The number of rotatable bonds is 6. The molecule has 2 amide bonds. The molecule has 28 heavy (non-hydrogen) atoms. The van der Waals surface area contributed by atoms with E-state index in [1.165, 1.54) is 6.21 Å². The van der Waals surface area contributed by atoms with Crippen LogP contribution in [-0.2, 0) is 9.59 Å². The van der Waals surface area contributed by atoms with Crippen LogP contribution in [0, 0.1) is 12.8 Å². The molecule has 0 radical (unpaired) electrons. The Labute approximate surface area is 163 Å². The maximum Gasteiger partial charge on any atom is 0.245 e. The highest BCUT2D eigenvalue weighted by atomic mass is 16.5. The molecular weight excluding hydrogens is 358 g/mol. The van der Waals surface area contributed by atoms with Crippen LogP contribution in [0.2, 0.25) is 0 Å². The van der Waals surface area contributed by atoms with Gasteiger partial charge in [-0.2, -0.15) is 5.10 Å². The molecule has 1 aliphatic rings. The Morgan fingerprint density at radius 2 is 1.93 bits per heavy atom. The summed E-state index contributed by atoms with van der Waals surface area (Å²) in [5.41, 5.74) is 5.11. The van der Waals surface area contributed by atoms with Gasteiger partial charge >= 0.3 is 0 Å². The second kappa shape index (κ2) is 8.56. The van der Waals surface area contributed by atoms with Crippen molar-refractivity contribution in [3.63, 3.8) is 0 Å². The Balaban J connectivity index is 1.63. The van der Waals surface area contributed by atoms with Crippen LogP contribution in [0.1, 0.15) is 17.5 Å². The maximum absolute atomic E-state index is 12.4. The van der Waals surface area contributed by atoms with Gasteiger partial charge in [0.1, 0.15) is 11.5 Å². The maximum atomic E-state index is 12.4. The summed E-state index contributed by atoms with van der Waals surface area (Å²) < 4.78 is 10.5. The fourth-order valence-corrected chi connectivity index (χ4v) is 3.05. The highest BCUT2D eigenvalue weighted by Crippen LogP contribution is 2.25. The minimum Gasteiger partial charge on any atom is -0.497 e. The van der Waals surface area contributed by atoms with Gasteiger partial charge in [-0.25, -0.2) is 5.43 Å². The van der Waals surface area contributed by atoms with Crippen molar-refractivity contribution in [3.8, 4) is 11.5 Å². The second-order valence-corrected chi connectivity index (χ2v) is 6.58. The van der Waals surface area contributed by atoms with Crippen molar-refractivity contribution in [2.75, 3.05) is 25.7 Å². The smallest absolute Gasteiger partial charge is 0.245 e. The SMILES string of the molecule is COc1ccc(OC)c(/C=N/NC(=O)[C@H]2CC(=O)N(c3ccc(C)cc3)C2)c1. The van der Waals surface area contributed by atoms with E-state index in [2.05, 4.69) is 10.5 Å². The van der Waals surface area contributed by atoms with Crippen LogP contribution in [0.25, 0.3) is 0 Å². The lowest BCUT2D eigenvalue weighted by Gasteiger charge is -2.16. The average molecular weight is 381 g/mol. The number of hydrogen-bond acceptors (Lipinski definition) is 5. The van der Waals surface area contributed by atoms with Crippen molar-refractivity contribution in [2.24, 2.45) is 11.0 Å². The zero-order valence-electron chi connectivity index (χ0n) is 16.1. The van der Waals surface area contributed by atoms with E-state index >= 15 is 0 Å². The minimum atomic E-state index is -0.446. The van der Waals surface area contributed by atoms with Gasteiger partial charge in [0.15, 0.2) is 0 Å². The van der Waals surface area contributed by atoms with Crippen molar-refractivity contribution in [2.45, 2.75) is 13.3 Å². The molecule has 1 fully saturated rings. The molecule has 0 unspecified atom stereocenters. The number of aryl methyl sites for hydroxylation is 1. The number of hydrogen-bond donors (Lipinski definition) is 1. The number of carbonyl (C=O) groups is 2. The third-order valence-corrected chi connectivity index (χ3v) is 4.66. The van der Waals surface area contributed by atoms with E-state index in [0.29, 0.717) is 23.6 Å². The number of nitrogens with zero attached hydrogens (tertiary/aromatic N) is 2. The van der Waals surface area contributed by atoms with Gasteiger partial charge in [0, 0.05) is 24.2 Å². The van der Waals surface area contributed by atoms with E-state index in [0.717, 1.165) is 11.3 Å². The molecule has 2 aromatic rings. The van der Waals surface area contributed by atoms with Gasteiger partial charge in [0.2, 0.25) is 11.8 Å². The van der Waals surface area contributed by atoms with Crippen LogP contribution in [-0.4, -0.2) is 38.8 Å². The molecule has 0 aliphatic carbocycles. The molecule has 7 heteroatoms. The predicted octanol–water partition coefficient (Wildman–Crippen LogP) is 2.52. The van der Waals surface area contributed by atoms with E-state index in [-0.39, 0.29) is 18.2 Å². The fourth-order valence-electron chi connectivity index (χ4n) is 3.05. The third kappa shape index (κ3) is 4.31. The summed E-state index contributed by atoms with van der Waals surface area (Å²) in [4.78, 5) is 26.4. The molecule has 146 valence electrons.